The van der Waals surface area contributed by atoms with Gasteiger partial charge in [0, 0.05) is 6.42 Å². The lowest BCUT2D eigenvalue weighted by Gasteiger charge is -2.09. The first-order chi connectivity index (χ1) is 5.47. The smallest absolute Gasteiger partial charge is 0.407 e. The van der Waals surface area contributed by atoms with Crippen LogP contribution in [0.2, 0.25) is 0 Å². The number of nitrogens with one attached hydrogen (secondary N) is 1. The van der Waals surface area contributed by atoms with E-state index in [4.69, 9.17) is 0 Å². The van der Waals surface area contributed by atoms with E-state index in [1.165, 1.54) is 0 Å². The number of hydrogen-bond acceptors (Lipinski definition) is 2. The van der Waals surface area contributed by atoms with Crippen molar-refractivity contribution in [1.29, 1.82) is 0 Å². The molecule has 12 heavy (non-hydrogen) atoms. The molecule has 1 heterocycles. The number of cyclic esters (lactones) is 1. The number of carbonyl (C=O) groups excluding carboxylic acids is 1. The minimum Gasteiger partial charge on any atom is -0.444 e. The first kappa shape index (κ1) is 9.15. The van der Waals surface area contributed by atoms with Gasteiger partial charge < -0.3 is 10.1 Å². The van der Waals surface area contributed by atoms with E-state index in [1.54, 1.807) is 0 Å². The van der Waals surface area contributed by atoms with Gasteiger partial charge in [0.05, 0.1) is 6.54 Å². The van der Waals surface area contributed by atoms with Gasteiger partial charge in [-0.15, -0.1) is 0 Å². The van der Waals surface area contributed by atoms with Crippen molar-refractivity contribution in [2.24, 2.45) is 0 Å². The summed E-state index contributed by atoms with van der Waals surface area (Å²) >= 11 is 0. The fourth-order valence-corrected chi connectivity index (χ4v) is 0.918. The van der Waals surface area contributed by atoms with Crippen LogP contribution in [0.4, 0.5) is 18.0 Å². The van der Waals surface area contributed by atoms with Gasteiger partial charge in [-0.05, 0) is 6.42 Å². The van der Waals surface area contributed by atoms with Crippen LogP contribution in [0, 0.1) is 0 Å². The predicted octanol–water partition coefficient (Wildman–Crippen LogP) is 1.44. The summed E-state index contributed by atoms with van der Waals surface area (Å²) in [6.45, 7) is 0.176. The van der Waals surface area contributed by atoms with Crippen molar-refractivity contribution in [1.82, 2.24) is 5.32 Å². The molecule has 1 N–H and O–H groups in total. The Bertz CT molecular complexity index is 180. The SMILES string of the molecule is O=C1NCC(CCC(F)(F)F)O1. The van der Waals surface area contributed by atoms with Crippen molar-refractivity contribution in [2.75, 3.05) is 6.54 Å². The number of alkyl halides is 3. The molecule has 1 aliphatic rings. The molecule has 0 bridgehead atoms. The normalized spacial score (nSPS) is 23.6. The third kappa shape index (κ3) is 2.98. The molecule has 6 heteroatoms. The topological polar surface area (TPSA) is 38.3 Å². The number of amides is 1. The first-order valence-electron chi connectivity index (χ1n) is 3.48. The summed E-state index contributed by atoms with van der Waals surface area (Å²) in [6, 6.07) is 0. The van der Waals surface area contributed by atoms with Crippen LogP contribution < -0.4 is 5.32 Å². The molecule has 3 nitrogen and oxygen atoms in total. The van der Waals surface area contributed by atoms with Crippen LogP contribution in [-0.4, -0.2) is 24.9 Å². The van der Waals surface area contributed by atoms with Crippen LogP contribution >= 0.6 is 0 Å². The molecule has 1 unspecified atom stereocenters. The Morgan fingerprint density at radius 2 is 2.25 bits per heavy atom. The number of carbonyl (C=O) groups is 1. The van der Waals surface area contributed by atoms with Gasteiger partial charge in [0.15, 0.2) is 0 Å². The average molecular weight is 183 g/mol. The second-order valence-electron chi connectivity index (χ2n) is 2.56. The highest BCUT2D eigenvalue weighted by molar-refractivity contribution is 5.69. The second-order valence-corrected chi connectivity index (χ2v) is 2.56. The molecule has 1 amide bonds. The van der Waals surface area contributed by atoms with Crippen LogP contribution in [0.3, 0.4) is 0 Å². The number of alkyl carbamates (subject to hydrolysis) is 1. The van der Waals surface area contributed by atoms with E-state index in [-0.39, 0.29) is 13.0 Å². The van der Waals surface area contributed by atoms with Crippen LogP contribution in [0.15, 0.2) is 0 Å². The van der Waals surface area contributed by atoms with Crippen molar-refractivity contribution < 1.29 is 22.7 Å². The Balaban J connectivity index is 2.20. The van der Waals surface area contributed by atoms with E-state index in [2.05, 4.69) is 10.1 Å². The van der Waals surface area contributed by atoms with Crippen molar-refractivity contribution >= 4 is 6.09 Å². The van der Waals surface area contributed by atoms with E-state index >= 15 is 0 Å². The first-order valence-corrected chi connectivity index (χ1v) is 3.48. The number of halogens is 3. The van der Waals surface area contributed by atoms with Gasteiger partial charge in [-0.3, -0.25) is 0 Å². The lowest BCUT2D eigenvalue weighted by atomic mass is 10.2. The van der Waals surface area contributed by atoms with Gasteiger partial charge in [-0.1, -0.05) is 0 Å². The van der Waals surface area contributed by atoms with Crippen molar-refractivity contribution in [3.63, 3.8) is 0 Å². The molecule has 0 spiro atoms. The largest absolute Gasteiger partial charge is 0.444 e. The summed E-state index contributed by atoms with van der Waals surface area (Å²) < 4.78 is 39.4. The number of ether oxygens (including phenoxy) is 1. The standard InChI is InChI=1S/C6H8F3NO2/c7-6(8,9)2-1-4-3-10-5(11)12-4/h4H,1-3H2,(H,10,11). The quantitative estimate of drug-likeness (QED) is 0.703. The molecule has 0 aromatic heterocycles. The number of hydrogen-bond donors (Lipinski definition) is 1. The molecule has 1 rings (SSSR count). The monoisotopic (exact) mass is 183 g/mol. The second kappa shape index (κ2) is 3.20. The zero-order valence-corrected chi connectivity index (χ0v) is 6.15. The van der Waals surface area contributed by atoms with Crippen LogP contribution in [-0.2, 0) is 4.74 Å². The molecule has 0 aromatic rings. The Morgan fingerprint density at radius 3 is 2.67 bits per heavy atom. The minimum atomic E-state index is -4.17. The van der Waals surface area contributed by atoms with Gasteiger partial charge >= 0.3 is 12.3 Å². The fourth-order valence-electron chi connectivity index (χ4n) is 0.918. The van der Waals surface area contributed by atoms with E-state index in [9.17, 15) is 18.0 Å². The maximum Gasteiger partial charge on any atom is 0.407 e. The molecule has 0 aromatic carbocycles. The highest BCUT2D eigenvalue weighted by atomic mass is 19.4. The molecule has 1 atom stereocenters. The van der Waals surface area contributed by atoms with Gasteiger partial charge in [0.25, 0.3) is 0 Å². The van der Waals surface area contributed by atoms with Crippen molar-refractivity contribution in [2.45, 2.75) is 25.1 Å². The average Bonchev–Trinajstić information content (AvgIpc) is 2.30. The zero-order valence-electron chi connectivity index (χ0n) is 6.15. The molecular weight excluding hydrogens is 175 g/mol. The predicted molar refractivity (Wildman–Crippen MR) is 33.6 cm³/mol. The molecule has 1 fully saturated rings. The van der Waals surface area contributed by atoms with Gasteiger partial charge in [-0.25, -0.2) is 4.79 Å². The number of rotatable bonds is 2. The highest BCUT2D eigenvalue weighted by Gasteiger charge is 2.31. The van der Waals surface area contributed by atoms with Crippen molar-refractivity contribution in [3.05, 3.63) is 0 Å². The van der Waals surface area contributed by atoms with E-state index < -0.39 is 24.8 Å². The summed E-state index contributed by atoms with van der Waals surface area (Å²) in [6.07, 6.45) is -6.51. The van der Waals surface area contributed by atoms with Crippen LogP contribution in [0.1, 0.15) is 12.8 Å². The van der Waals surface area contributed by atoms with E-state index in [1.807, 2.05) is 0 Å². The zero-order chi connectivity index (χ0) is 9.19. The molecular formula is C6H8F3NO2. The Labute approximate surface area is 66.9 Å². The molecule has 70 valence electrons. The molecule has 1 saturated heterocycles. The molecule has 0 aliphatic carbocycles. The lowest BCUT2D eigenvalue weighted by Crippen LogP contribution is -2.18. The summed E-state index contributed by atoms with van der Waals surface area (Å²) in [5.41, 5.74) is 0. The van der Waals surface area contributed by atoms with Gasteiger partial charge in [0.2, 0.25) is 0 Å². The Hall–Kier alpha value is -0.940. The maximum atomic E-state index is 11.6. The van der Waals surface area contributed by atoms with Gasteiger partial charge in [-0.2, -0.15) is 13.2 Å². The summed E-state index contributed by atoms with van der Waals surface area (Å²) in [4.78, 5) is 10.4. The Kier molecular flexibility index (Phi) is 2.44. The third-order valence-electron chi connectivity index (χ3n) is 1.50. The summed E-state index contributed by atoms with van der Waals surface area (Å²) in [5.74, 6) is 0. The third-order valence-corrected chi connectivity index (χ3v) is 1.50. The summed E-state index contributed by atoms with van der Waals surface area (Å²) in [7, 11) is 0. The molecule has 1 aliphatic heterocycles. The minimum absolute atomic E-state index is 0.164. The van der Waals surface area contributed by atoms with E-state index in [0.717, 1.165) is 0 Å². The molecule has 0 radical (unpaired) electrons. The summed E-state index contributed by atoms with van der Waals surface area (Å²) in [5, 5.41) is 2.28. The maximum absolute atomic E-state index is 11.6. The van der Waals surface area contributed by atoms with E-state index in [0.29, 0.717) is 0 Å². The lowest BCUT2D eigenvalue weighted by molar-refractivity contribution is -0.139. The molecule has 0 saturated carbocycles. The van der Waals surface area contributed by atoms with Crippen LogP contribution in [0.5, 0.6) is 0 Å². The Morgan fingerprint density at radius 1 is 1.58 bits per heavy atom. The highest BCUT2D eigenvalue weighted by Crippen LogP contribution is 2.23. The fraction of sp³-hybridized carbons (Fsp3) is 0.833. The van der Waals surface area contributed by atoms with Gasteiger partial charge in [0.1, 0.15) is 6.10 Å². The van der Waals surface area contributed by atoms with Crippen LogP contribution in [0.25, 0.3) is 0 Å². The van der Waals surface area contributed by atoms with Crippen molar-refractivity contribution in [3.8, 4) is 0 Å².